The number of piperidine rings is 1. The number of carboxylic acids is 1. The smallest absolute Gasteiger partial charge is 0.336 e. The lowest BCUT2D eigenvalue weighted by Gasteiger charge is -2.42. The van der Waals surface area contributed by atoms with Gasteiger partial charge in [0.1, 0.15) is 0 Å². The molecule has 1 N–H and O–H groups in total. The number of hydrogen-bond acceptors (Lipinski definition) is 3. The monoisotopic (exact) mass is 338 g/mol. The van der Waals surface area contributed by atoms with Crippen LogP contribution in [0, 0.1) is 5.92 Å². The van der Waals surface area contributed by atoms with Crippen LogP contribution in [0.25, 0.3) is 0 Å². The summed E-state index contributed by atoms with van der Waals surface area (Å²) < 4.78 is 1.81. The molecule has 4 rings (SSSR count). The summed E-state index contributed by atoms with van der Waals surface area (Å²) >= 11 is 0. The number of benzene rings is 1. The number of carbonyl (C=O) groups excluding carboxylic acids is 1. The molecule has 6 nitrogen and oxygen atoms in total. The number of aromatic nitrogens is 1. The van der Waals surface area contributed by atoms with Gasteiger partial charge in [-0.2, -0.15) is 0 Å². The normalized spacial score (nSPS) is 21.5. The van der Waals surface area contributed by atoms with E-state index in [0.29, 0.717) is 19.6 Å². The van der Waals surface area contributed by atoms with E-state index in [1.54, 1.807) is 35.2 Å². The zero-order chi connectivity index (χ0) is 17.6. The molecule has 25 heavy (non-hydrogen) atoms. The first-order valence-corrected chi connectivity index (χ1v) is 8.36. The molecule has 0 radical (unpaired) electrons. The largest absolute Gasteiger partial charge is 0.478 e. The van der Waals surface area contributed by atoms with Crippen molar-refractivity contribution >= 4 is 11.9 Å². The minimum Gasteiger partial charge on any atom is -0.478 e. The van der Waals surface area contributed by atoms with E-state index in [1.807, 2.05) is 10.6 Å². The maximum Gasteiger partial charge on any atom is 0.336 e. The van der Waals surface area contributed by atoms with Gasteiger partial charge in [0.2, 0.25) is 0 Å². The van der Waals surface area contributed by atoms with Crippen molar-refractivity contribution in [2.75, 3.05) is 13.1 Å². The van der Waals surface area contributed by atoms with Gasteiger partial charge in [0.25, 0.3) is 11.5 Å². The number of rotatable bonds is 2. The number of aromatic carboxylic acids is 1. The molecule has 1 saturated heterocycles. The summed E-state index contributed by atoms with van der Waals surface area (Å²) in [4.78, 5) is 38.1. The lowest BCUT2D eigenvalue weighted by atomic mass is 9.83. The third kappa shape index (κ3) is 2.63. The van der Waals surface area contributed by atoms with Gasteiger partial charge in [0.05, 0.1) is 11.1 Å². The number of carbonyl (C=O) groups is 2. The molecular formula is C19H18N2O4. The summed E-state index contributed by atoms with van der Waals surface area (Å²) in [6.45, 7) is 1.66. The minimum absolute atomic E-state index is 0.00296. The predicted octanol–water partition coefficient (Wildman–Crippen LogP) is 1.81. The van der Waals surface area contributed by atoms with Gasteiger partial charge in [-0.1, -0.05) is 18.2 Å². The van der Waals surface area contributed by atoms with E-state index in [0.717, 1.165) is 12.1 Å². The topological polar surface area (TPSA) is 79.6 Å². The van der Waals surface area contributed by atoms with E-state index < -0.39 is 5.97 Å². The molecule has 6 heteroatoms. The number of fused-ring (bicyclic) bond motifs is 4. The Morgan fingerprint density at radius 1 is 0.960 bits per heavy atom. The Balaban J connectivity index is 1.66. The molecular weight excluding hydrogens is 320 g/mol. The molecule has 1 fully saturated rings. The van der Waals surface area contributed by atoms with E-state index in [9.17, 15) is 19.5 Å². The quantitative estimate of drug-likeness (QED) is 0.906. The Kier molecular flexibility index (Phi) is 3.67. The van der Waals surface area contributed by atoms with E-state index >= 15 is 0 Å². The standard InChI is InChI=1S/C19H18N2O4/c22-17-7-3-6-16-13-8-12(10-21(16)17)9-20(11-13)18(23)14-4-1-2-5-15(14)19(24)25/h1-7,12-13H,8-11H2,(H,24,25)/t12-,13?/m0/s1. The SMILES string of the molecule is O=C(O)c1ccccc1C(=O)N1CC2C[C@@H](C1)Cn1c2cccc1=O. The first kappa shape index (κ1) is 15.6. The summed E-state index contributed by atoms with van der Waals surface area (Å²) in [6, 6.07) is 11.6. The lowest BCUT2D eigenvalue weighted by molar-refractivity contribution is 0.0580. The highest BCUT2D eigenvalue weighted by Crippen LogP contribution is 2.35. The fourth-order valence-corrected chi connectivity index (χ4v) is 4.09. The Labute approximate surface area is 144 Å². The molecule has 3 heterocycles. The number of likely N-dealkylation sites (tertiary alicyclic amines) is 1. The van der Waals surface area contributed by atoms with Crippen molar-refractivity contribution in [3.63, 3.8) is 0 Å². The van der Waals surface area contributed by atoms with Crippen LogP contribution in [0.2, 0.25) is 0 Å². The number of amides is 1. The van der Waals surface area contributed by atoms with Crippen LogP contribution in [-0.2, 0) is 6.54 Å². The van der Waals surface area contributed by atoms with Gasteiger partial charge in [-0.05, 0) is 30.5 Å². The van der Waals surface area contributed by atoms with Crippen LogP contribution in [-0.4, -0.2) is 39.5 Å². The summed E-state index contributed by atoms with van der Waals surface area (Å²) in [5, 5.41) is 9.33. The molecule has 1 aromatic carbocycles. The zero-order valence-electron chi connectivity index (χ0n) is 13.6. The molecule has 2 aliphatic heterocycles. The van der Waals surface area contributed by atoms with Crippen molar-refractivity contribution in [3.05, 3.63) is 69.6 Å². The molecule has 0 saturated carbocycles. The van der Waals surface area contributed by atoms with Gasteiger partial charge in [-0.3, -0.25) is 9.59 Å². The van der Waals surface area contributed by atoms with Crippen LogP contribution in [0.3, 0.4) is 0 Å². The van der Waals surface area contributed by atoms with Crippen molar-refractivity contribution in [3.8, 4) is 0 Å². The number of nitrogens with zero attached hydrogens (tertiary/aromatic N) is 2. The number of hydrogen-bond donors (Lipinski definition) is 1. The van der Waals surface area contributed by atoms with Gasteiger partial charge < -0.3 is 14.6 Å². The van der Waals surface area contributed by atoms with Crippen LogP contribution in [0.4, 0.5) is 0 Å². The van der Waals surface area contributed by atoms with Crippen molar-refractivity contribution < 1.29 is 14.7 Å². The first-order chi connectivity index (χ1) is 12.0. The highest BCUT2D eigenvalue weighted by atomic mass is 16.4. The molecule has 2 aliphatic rings. The highest BCUT2D eigenvalue weighted by molar-refractivity contribution is 6.04. The number of pyridine rings is 1. The van der Waals surface area contributed by atoms with Crippen molar-refractivity contribution in [2.45, 2.75) is 18.9 Å². The van der Waals surface area contributed by atoms with Gasteiger partial charge >= 0.3 is 5.97 Å². The van der Waals surface area contributed by atoms with Crippen LogP contribution in [0.1, 0.15) is 38.7 Å². The third-order valence-electron chi connectivity index (χ3n) is 5.15. The van der Waals surface area contributed by atoms with E-state index in [-0.39, 0.29) is 34.4 Å². The Morgan fingerprint density at radius 2 is 1.72 bits per heavy atom. The van der Waals surface area contributed by atoms with Crippen molar-refractivity contribution in [1.82, 2.24) is 9.47 Å². The second kappa shape index (κ2) is 5.88. The van der Waals surface area contributed by atoms with E-state index in [2.05, 4.69) is 0 Å². The second-order valence-electron chi connectivity index (χ2n) is 6.76. The average molecular weight is 338 g/mol. The van der Waals surface area contributed by atoms with Crippen LogP contribution in [0.15, 0.2) is 47.3 Å². The van der Waals surface area contributed by atoms with Gasteiger partial charge in [-0.15, -0.1) is 0 Å². The maximum absolute atomic E-state index is 12.9. The molecule has 2 atom stereocenters. The molecule has 0 aliphatic carbocycles. The van der Waals surface area contributed by atoms with Crippen molar-refractivity contribution in [2.24, 2.45) is 5.92 Å². The Bertz CT molecular complexity index is 918. The summed E-state index contributed by atoms with van der Waals surface area (Å²) in [7, 11) is 0. The van der Waals surface area contributed by atoms with E-state index in [4.69, 9.17) is 0 Å². The summed E-state index contributed by atoms with van der Waals surface area (Å²) in [6.07, 6.45) is 0.952. The first-order valence-electron chi connectivity index (χ1n) is 8.36. The van der Waals surface area contributed by atoms with Gasteiger partial charge in [0.15, 0.2) is 0 Å². The van der Waals surface area contributed by atoms with Crippen LogP contribution < -0.4 is 5.56 Å². The van der Waals surface area contributed by atoms with Crippen LogP contribution >= 0.6 is 0 Å². The molecule has 2 aromatic rings. The Hall–Kier alpha value is -2.89. The zero-order valence-corrected chi connectivity index (χ0v) is 13.6. The molecule has 0 spiro atoms. The number of carboxylic acid groups (broad SMARTS) is 1. The van der Waals surface area contributed by atoms with E-state index in [1.165, 1.54) is 6.07 Å². The second-order valence-corrected chi connectivity index (χ2v) is 6.76. The van der Waals surface area contributed by atoms with Crippen molar-refractivity contribution in [1.29, 1.82) is 0 Å². The highest BCUT2D eigenvalue weighted by Gasteiger charge is 2.37. The predicted molar refractivity (Wildman–Crippen MR) is 90.9 cm³/mol. The van der Waals surface area contributed by atoms with Crippen LogP contribution in [0.5, 0.6) is 0 Å². The molecule has 128 valence electrons. The fourth-order valence-electron chi connectivity index (χ4n) is 4.09. The summed E-state index contributed by atoms with van der Waals surface area (Å²) in [5.41, 5.74) is 1.22. The average Bonchev–Trinajstić information content (AvgIpc) is 2.62. The van der Waals surface area contributed by atoms with Gasteiger partial charge in [-0.25, -0.2) is 4.79 Å². The van der Waals surface area contributed by atoms with Gasteiger partial charge in [0, 0.05) is 37.3 Å². The molecule has 1 amide bonds. The third-order valence-corrected chi connectivity index (χ3v) is 5.15. The fraction of sp³-hybridized carbons (Fsp3) is 0.316. The molecule has 1 unspecified atom stereocenters. The Morgan fingerprint density at radius 3 is 2.48 bits per heavy atom. The minimum atomic E-state index is -1.10. The lowest BCUT2D eigenvalue weighted by Crippen LogP contribution is -2.49. The maximum atomic E-state index is 12.9. The molecule has 2 bridgehead atoms. The summed E-state index contributed by atoms with van der Waals surface area (Å²) in [5.74, 6) is -1.02. The molecule has 1 aromatic heterocycles.